The van der Waals surface area contributed by atoms with Crippen molar-refractivity contribution >= 4 is 22.6 Å². The van der Waals surface area contributed by atoms with Crippen LogP contribution in [-0.4, -0.2) is 40.7 Å². The summed E-state index contributed by atoms with van der Waals surface area (Å²) in [5, 5.41) is 12.8. The number of aromatic nitrogens is 2. The van der Waals surface area contributed by atoms with Gasteiger partial charge in [0, 0.05) is 29.4 Å². The van der Waals surface area contributed by atoms with Crippen LogP contribution in [0.2, 0.25) is 0 Å². The van der Waals surface area contributed by atoms with Gasteiger partial charge in [0.05, 0.1) is 7.11 Å². The van der Waals surface area contributed by atoms with E-state index in [1.807, 2.05) is 6.07 Å². The first-order valence-corrected chi connectivity index (χ1v) is 8.05. The topological polar surface area (TPSA) is 87.2 Å². The Morgan fingerprint density at radius 2 is 2.15 bits per heavy atom. The highest BCUT2D eigenvalue weighted by atomic mass is 19.1. The van der Waals surface area contributed by atoms with Crippen LogP contribution in [0.25, 0.3) is 27.7 Å². The molecule has 1 aliphatic heterocycles. The van der Waals surface area contributed by atoms with Crippen molar-refractivity contribution < 1.29 is 19.0 Å². The number of carboxylic acid groups (broad SMARTS) is 1. The molecule has 132 valence electrons. The first-order valence-electron chi connectivity index (χ1n) is 8.05. The van der Waals surface area contributed by atoms with Gasteiger partial charge in [0.2, 0.25) is 0 Å². The second-order valence-corrected chi connectivity index (χ2v) is 6.04. The Morgan fingerprint density at radius 1 is 1.31 bits per heavy atom. The summed E-state index contributed by atoms with van der Waals surface area (Å²) in [4.78, 5) is 18.7. The number of nitrogens with zero attached hydrogens (tertiary/aromatic N) is 1. The van der Waals surface area contributed by atoms with Gasteiger partial charge in [-0.2, -0.15) is 0 Å². The third-order valence-electron chi connectivity index (χ3n) is 4.48. The second kappa shape index (κ2) is 6.27. The molecular formula is C19H16FN3O3. The lowest BCUT2D eigenvalue weighted by atomic mass is 10.0. The van der Waals surface area contributed by atoms with Crippen LogP contribution in [0.5, 0.6) is 5.75 Å². The van der Waals surface area contributed by atoms with Crippen molar-refractivity contribution in [1.29, 1.82) is 0 Å². The van der Waals surface area contributed by atoms with Crippen LogP contribution in [-0.2, 0) is 4.79 Å². The van der Waals surface area contributed by atoms with E-state index in [-0.39, 0.29) is 5.82 Å². The maximum Gasteiger partial charge on any atom is 0.324 e. The maximum atomic E-state index is 13.8. The summed E-state index contributed by atoms with van der Waals surface area (Å²) in [5.74, 6) is -0.706. The Labute approximate surface area is 148 Å². The minimum atomic E-state index is -0.917. The van der Waals surface area contributed by atoms with Crippen LogP contribution >= 0.6 is 0 Å². The van der Waals surface area contributed by atoms with Gasteiger partial charge in [0.1, 0.15) is 23.3 Å². The number of hydrogen-bond donors (Lipinski definition) is 3. The number of aliphatic carboxylic acids is 1. The Kier molecular flexibility index (Phi) is 3.93. The summed E-state index contributed by atoms with van der Waals surface area (Å²) in [6.45, 7) is 0.447. The van der Waals surface area contributed by atoms with E-state index in [2.05, 4.69) is 15.3 Å². The highest BCUT2D eigenvalue weighted by Gasteiger charge is 2.23. The van der Waals surface area contributed by atoms with E-state index in [1.165, 1.54) is 12.1 Å². The Morgan fingerprint density at radius 3 is 2.88 bits per heavy atom. The van der Waals surface area contributed by atoms with E-state index in [1.54, 1.807) is 31.5 Å². The van der Waals surface area contributed by atoms with Gasteiger partial charge in [0.15, 0.2) is 0 Å². The zero-order chi connectivity index (χ0) is 18.3. The number of methoxy groups -OCH3 is 1. The highest BCUT2D eigenvalue weighted by molar-refractivity contribution is 5.97. The fourth-order valence-corrected chi connectivity index (χ4v) is 3.21. The van der Waals surface area contributed by atoms with Crippen molar-refractivity contribution in [3.05, 3.63) is 54.1 Å². The van der Waals surface area contributed by atoms with Crippen molar-refractivity contribution in [2.45, 2.75) is 6.04 Å². The van der Waals surface area contributed by atoms with Crippen molar-refractivity contribution in [3.63, 3.8) is 0 Å². The minimum absolute atomic E-state index is 0.353. The molecule has 0 amide bonds. The fraction of sp³-hybridized carbons (Fsp3) is 0.158. The number of fused-ring (bicyclic) bond motifs is 1. The number of aromatic amines is 1. The standard InChI is InChI=1S/C19H16FN3O3/c1-26-17-3-2-11(20)7-13(17)12-4-5-21-18-14(12)8-15(23-18)10-6-16(19(24)25)22-9-10/h2-8,16,22H,9H2,1H3,(H,21,23)(H,24,25). The first kappa shape index (κ1) is 16.3. The van der Waals surface area contributed by atoms with Gasteiger partial charge < -0.3 is 14.8 Å². The largest absolute Gasteiger partial charge is 0.496 e. The van der Waals surface area contributed by atoms with Crippen LogP contribution in [0.15, 0.2) is 42.6 Å². The molecule has 1 atom stereocenters. The molecule has 0 aliphatic carbocycles. The molecule has 0 saturated heterocycles. The molecule has 0 radical (unpaired) electrons. The number of benzene rings is 1. The van der Waals surface area contributed by atoms with E-state index in [9.17, 15) is 9.18 Å². The van der Waals surface area contributed by atoms with Crippen LogP contribution in [0, 0.1) is 5.82 Å². The van der Waals surface area contributed by atoms with Gasteiger partial charge in [-0.25, -0.2) is 9.37 Å². The summed E-state index contributed by atoms with van der Waals surface area (Å²) >= 11 is 0. The van der Waals surface area contributed by atoms with Crippen LogP contribution in [0.3, 0.4) is 0 Å². The van der Waals surface area contributed by atoms with Gasteiger partial charge in [-0.1, -0.05) is 0 Å². The van der Waals surface area contributed by atoms with Crippen LogP contribution < -0.4 is 10.1 Å². The normalized spacial score (nSPS) is 16.7. The third kappa shape index (κ3) is 2.72. The smallest absolute Gasteiger partial charge is 0.324 e. The molecular weight excluding hydrogens is 337 g/mol. The molecule has 3 N–H and O–H groups in total. The molecule has 0 bridgehead atoms. The molecule has 2 aromatic heterocycles. The van der Waals surface area contributed by atoms with Gasteiger partial charge in [-0.15, -0.1) is 0 Å². The van der Waals surface area contributed by atoms with Gasteiger partial charge in [-0.3, -0.25) is 10.1 Å². The average molecular weight is 353 g/mol. The number of ether oxygens (including phenoxy) is 1. The number of halogens is 1. The molecule has 3 aromatic rings. The number of H-pyrrole nitrogens is 1. The molecule has 0 saturated carbocycles. The van der Waals surface area contributed by atoms with Crippen molar-refractivity contribution in [2.75, 3.05) is 13.7 Å². The summed E-state index contributed by atoms with van der Waals surface area (Å²) in [7, 11) is 1.54. The van der Waals surface area contributed by atoms with Crippen LogP contribution in [0.1, 0.15) is 5.69 Å². The lowest BCUT2D eigenvalue weighted by molar-refractivity contribution is -0.137. The summed E-state index contributed by atoms with van der Waals surface area (Å²) in [5.41, 5.74) is 3.70. The van der Waals surface area contributed by atoms with E-state index >= 15 is 0 Å². The molecule has 0 fully saturated rings. The van der Waals surface area contributed by atoms with E-state index in [4.69, 9.17) is 9.84 Å². The number of hydrogen-bond acceptors (Lipinski definition) is 4. The van der Waals surface area contributed by atoms with Crippen LogP contribution in [0.4, 0.5) is 4.39 Å². The van der Waals surface area contributed by atoms with Gasteiger partial charge >= 0.3 is 5.97 Å². The zero-order valence-electron chi connectivity index (χ0n) is 13.9. The summed E-state index contributed by atoms with van der Waals surface area (Å²) in [6, 6.07) is 7.37. The molecule has 6 nitrogen and oxygen atoms in total. The molecule has 1 aromatic carbocycles. The van der Waals surface area contributed by atoms with Gasteiger partial charge in [0.25, 0.3) is 0 Å². The molecule has 7 heteroatoms. The summed E-state index contributed by atoms with van der Waals surface area (Å²) in [6.07, 6.45) is 3.32. The summed E-state index contributed by atoms with van der Waals surface area (Å²) < 4.78 is 19.2. The second-order valence-electron chi connectivity index (χ2n) is 6.04. The van der Waals surface area contributed by atoms with Crippen molar-refractivity contribution in [2.24, 2.45) is 0 Å². The number of carboxylic acids is 1. The minimum Gasteiger partial charge on any atom is -0.496 e. The number of carbonyl (C=O) groups is 1. The molecule has 26 heavy (non-hydrogen) atoms. The maximum absolute atomic E-state index is 13.8. The van der Waals surface area contributed by atoms with E-state index in [0.29, 0.717) is 23.5 Å². The highest BCUT2D eigenvalue weighted by Crippen LogP contribution is 2.36. The Bertz CT molecular complexity index is 1040. The predicted octanol–water partition coefficient (Wildman–Crippen LogP) is 2.82. The molecule has 1 aliphatic rings. The Balaban J connectivity index is 1.84. The zero-order valence-corrected chi connectivity index (χ0v) is 13.9. The Hall–Kier alpha value is -3.19. The molecule has 1 unspecified atom stereocenters. The molecule has 4 rings (SSSR count). The molecule has 0 spiro atoms. The first-order chi connectivity index (χ1) is 12.6. The average Bonchev–Trinajstić information content (AvgIpc) is 3.28. The predicted molar refractivity (Wildman–Crippen MR) is 95.4 cm³/mol. The van der Waals surface area contributed by atoms with E-state index < -0.39 is 12.0 Å². The lowest BCUT2D eigenvalue weighted by Gasteiger charge is -2.09. The number of nitrogens with one attached hydrogen (secondary N) is 2. The lowest BCUT2D eigenvalue weighted by Crippen LogP contribution is -2.30. The van der Waals surface area contributed by atoms with Crippen molar-refractivity contribution in [1.82, 2.24) is 15.3 Å². The monoisotopic (exact) mass is 353 g/mol. The molecule has 3 heterocycles. The third-order valence-corrected chi connectivity index (χ3v) is 4.48. The quantitative estimate of drug-likeness (QED) is 0.671. The van der Waals surface area contributed by atoms with Crippen molar-refractivity contribution in [3.8, 4) is 16.9 Å². The number of rotatable bonds is 4. The fourth-order valence-electron chi connectivity index (χ4n) is 3.21. The SMILES string of the molecule is COc1ccc(F)cc1-c1ccnc2[nH]c(C3=CC(C(=O)O)NC3)cc12. The number of pyridine rings is 1. The van der Waals surface area contributed by atoms with Gasteiger partial charge in [-0.05, 0) is 47.5 Å². The van der Waals surface area contributed by atoms with E-state index in [0.717, 1.165) is 22.2 Å².